The lowest BCUT2D eigenvalue weighted by Crippen LogP contribution is -2.41. The molecule has 30 heavy (non-hydrogen) atoms. The van der Waals surface area contributed by atoms with Crippen LogP contribution in [0, 0.1) is 5.82 Å². The van der Waals surface area contributed by atoms with Gasteiger partial charge < -0.3 is 10.1 Å². The third-order valence-electron chi connectivity index (χ3n) is 4.77. The standard InChI is InChI=1S/C22H20FN3O3S/c1-29-18-9-4-6-15(13-18)12-16-8-5-11-20-21(16)25-22(26-30(20,27)28)24-14-17-7-2-3-10-19(17)23/h2-11,13H,12,14H2,1H3,(H2,24,25,26). The maximum atomic E-state index is 13.9. The molecule has 0 atom stereocenters. The Morgan fingerprint density at radius 1 is 1.00 bits per heavy atom. The fourth-order valence-electron chi connectivity index (χ4n) is 3.28. The number of fused-ring (bicyclic) bond motifs is 1. The van der Waals surface area contributed by atoms with Crippen molar-refractivity contribution in [1.29, 1.82) is 0 Å². The molecule has 6 nitrogen and oxygen atoms in total. The molecule has 0 radical (unpaired) electrons. The molecule has 0 saturated heterocycles. The molecular weight excluding hydrogens is 405 g/mol. The topological polar surface area (TPSA) is 79.8 Å². The van der Waals surface area contributed by atoms with Crippen LogP contribution in [-0.2, 0) is 23.0 Å². The average Bonchev–Trinajstić information content (AvgIpc) is 2.73. The monoisotopic (exact) mass is 425 g/mol. The van der Waals surface area contributed by atoms with Gasteiger partial charge in [-0.2, -0.15) is 0 Å². The molecule has 0 unspecified atom stereocenters. The molecule has 2 N–H and O–H groups in total. The SMILES string of the molecule is COc1cccc(Cc2cccc3c2NC(=NCc2ccccc2F)NS3(=O)=O)c1. The number of hydrogen-bond donors (Lipinski definition) is 2. The fourth-order valence-corrected chi connectivity index (χ4v) is 4.47. The Hall–Kier alpha value is -3.39. The number of aliphatic imine (C=N–C) groups is 1. The molecule has 1 aliphatic rings. The summed E-state index contributed by atoms with van der Waals surface area (Å²) in [5, 5.41) is 3.07. The molecule has 0 aromatic heterocycles. The number of hydrogen-bond acceptors (Lipinski definition) is 4. The van der Waals surface area contributed by atoms with E-state index in [2.05, 4.69) is 15.0 Å². The van der Waals surface area contributed by atoms with Crippen LogP contribution in [0.5, 0.6) is 5.75 Å². The second-order valence-electron chi connectivity index (χ2n) is 6.81. The number of anilines is 1. The van der Waals surface area contributed by atoms with Gasteiger partial charge in [0, 0.05) is 5.56 Å². The van der Waals surface area contributed by atoms with Gasteiger partial charge in [-0.15, -0.1) is 0 Å². The number of methoxy groups -OCH3 is 1. The summed E-state index contributed by atoms with van der Waals surface area (Å²) in [5.41, 5.74) is 2.61. The molecule has 8 heteroatoms. The first-order valence-electron chi connectivity index (χ1n) is 9.29. The van der Waals surface area contributed by atoms with E-state index in [9.17, 15) is 12.8 Å². The Morgan fingerprint density at radius 2 is 1.77 bits per heavy atom. The Morgan fingerprint density at radius 3 is 2.57 bits per heavy atom. The zero-order chi connectivity index (χ0) is 21.1. The highest BCUT2D eigenvalue weighted by Gasteiger charge is 2.28. The third-order valence-corrected chi connectivity index (χ3v) is 6.15. The molecular formula is C22H20FN3O3S. The molecule has 154 valence electrons. The minimum absolute atomic E-state index is 0.00487. The van der Waals surface area contributed by atoms with Crippen LogP contribution in [0.25, 0.3) is 0 Å². The summed E-state index contributed by atoms with van der Waals surface area (Å²) in [4.78, 5) is 4.39. The van der Waals surface area contributed by atoms with Gasteiger partial charge >= 0.3 is 0 Å². The van der Waals surface area contributed by atoms with E-state index in [1.165, 1.54) is 12.1 Å². The molecule has 4 rings (SSSR count). The highest BCUT2D eigenvalue weighted by molar-refractivity contribution is 7.90. The number of nitrogens with one attached hydrogen (secondary N) is 2. The molecule has 0 fully saturated rings. The number of sulfonamides is 1. The van der Waals surface area contributed by atoms with E-state index in [0.29, 0.717) is 17.7 Å². The summed E-state index contributed by atoms with van der Waals surface area (Å²) < 4.78 is 47.0. The van der Waals surface area contributed by atoms with Crippen molar-refractivity contribution in [2.24, 2.45) is 4.99 Å². The lowest BCUT2D eigenvalue weighted by Gasteiger charge is -2.24. The second kappa shape index (κ2) is 8.16. The molecule has 1 heterocycles. The van der Waals surface area contributed by atoms with Crippen molar-refractivity contribution in [3.8, 4) is 5.75 Å². The van der Waals surface area contributed by atoms with E-state index < -0.39 is 10.0 Å². The van der Waals surface area contributed by atoms with Crippen LogP contribution in [0.4, 0.5) is 10.1 Å². The van der Waals surface area contributed by atoms with Crippen molar-refractivity contribution in [2.75, 3.05) is 12.4 Å². The summed E-state index contributed by atoms with van der Waals surface area (Å²) in [6, 6.07) is 18.9. The molecule has 0 saturated carbocycles. The zero-order valence-corrected chi connectivity index (χ0v) is 17.0. The number of rotatable bonds is 5. The Labute approximate surface area is 174 Å². The maximum absolute atomic E-state index is 13.9. The van der Waals surface area contributed by atoms with Crippen molar-refractivity contribution in [3.63, 3.8) is 0 Å². The van der Waals surface area contributed by atoms with Crippen molar-refractivity contribution >= 4 is 21.7 Å². The number of benzene rings is 3. The highest BCUT2D eigenvalue weighted by Crippen LogP contribution is 2.30. The Bertz CT molecular complexity index is 1230. The van der Waals surface area contributed by atoms with Gasteiger partial charge in [-0.1, -0.05) is 42.5 Å². The van der Waals surface area contributed by atoms with Crippen molar-refractivity contribution in [3.05, 3.63) is 89.2 Å². The first-order chi connectivity index (χ1) is 14.5. The maximum Gasteiger partial charge on any atom is 0.266 e. The zero-order valence-electron chi connectivity index (χ0n) is 16.2. The molecule has 1 aliphatic heterocycles. The van der Waals surface area contributed by atoms with Crippen LogP contribution >= 0.6 is 0 Å². The minimum Gasteiger partial charge on any atom is -0.497 e. The Kier molecular flexibility index (Phi) is 5.41. The fraction of sp³-hybridized carbons (Fsp3) is 0.136. The van der Waals surface area contributed by atoms with E-state index in [4.69, 9.17) is 4.74 Å². The average molecular weight is 425 g/mol. The van der Waals surface area contributed by atoms with Gasteiger partial charge in [0.25, 0.3) is 10.0 Å². The van der Waals surface area contributed by atoms with Crippen LogP contribution in [0.2, 0.25) is 0 Å². The predicted octanol–water partition coefficient (Wildman–Crippen LogP) is 3.69. The summed E-state index contributed by atoms with van der Waals surface area (Å²) in [5.74, 6) is 0.398. The summed E-state index contributed by atoms with van der Waals surface area (Å²) in [6.45, 7) is 0.00487. The first kappa shape index (κ1) is 19.9. The molecule has 0 spiro atoms. The van der Waals surface area contributed by atoms with E-state index in [-0.39, 0.29) is 23.2 Å². The molecule has 0 aliphatic carbocycles. The van der Waals surface area contributed by atoms with E-state index >= 15 is 0 Å². The van der Waals surface area contributed by atoms with Crippen LogP contribution in [0.1, 0.15) is 16.7 Å². The van der Waals surface area contributed by atoms with E-state index in [1.807, 2.05) is 30.3 Å². The van der Waals surface area contributed by atoms with Gasteiger partial charge in [0.05, 0.1) is 19.3 Å². The number of para-hydroxylation sites is 1. The molecule has 3 aromatic carbocycles. The van der Waals surface area contributed by atoms with Gasteiger partial charge in [-0.05, 0) is 41.8 Å². The highest BCUT2D eigenvalue weighted by atomic mass is 32.2. The van der Waals surface area contributed by atoms with E-state index in [0.717, 1.165) is 16.9 Å². The quantitative estimate of drug-likeness (QED) is 0.654. The van der Waals surface area contributed by atoms with Crippen LogP contribution in [0.3, 0.4) is 0 Å². The van der Waals surface area contributed by atoms with Gasteiger partial charge in [0.2, 0.25) is 5.96 Å². The summed E-state index contributed by atoms with van der Waals surface area (Å²) >= 11 is 0. The van der Waals surface area contributed by atoms with Crippen LogP contribution in [-0.4, -0.2) is 21.5 Å². The molecule has 0 bridgehead atoms. The minimum atomic E-state index is -3.80. The normalized spacial score (nSPS) is 15.7. The van der Waals surface area contributed by atoms with Crippen LogP contribution in [0.15, 0.2) is 76.6 Å². The lowest BCUT2D eigenvalue weighted by atomic mass is 10.0. The number of guanidine groups is 1. The van der Waals surface area contributed by atoms with Crippen molar-refractivity contribution in [1.82, 2.24) is 4.72 Å². The van der Waals surface area contributed by atoms with Crippen molar-refractivity contribution in [2.45, 2.75) is 17.9 Å². The Balaban J connectivity index is 1.67. The lowest BCUT2D eigenvalue weighted by molar-refractivity contribution is 0.414. The van der Waals surface area contributed by atoms with E-state index in [1.54, 1.807) is 31.4 Å². The largest absolute Gasteiger partial charge is 0.497 e. The smallest absolute Gasteiger partial charge is 0.266 e. The predicted molar refractivity (Wildman–Crippen MR) is 114 cm³/mol. The molecule has 3 aromatic rings. The summed E-state index contributed by atoms with van der Waals surface area (Å²) in [6.07, 6.45) is 0.503. The third kappa shape index (κ3) is 4.13. The first-order valence-corrected chi connectivity index (χ1v) is 10.8. The van der Waals surface area contributed by atoms with Gasteiger partial charge in [-0.25, -0.2) is 22.5 Å². The second-order valence-corrected chi connectivity index (χ2v) is 8.46. The molecule has 0 amide bonds. The van der Waals surface area contributed by atoms with Gasteiger partial charge in [0.1, 0.15) is 16.5 Å². The van der Waals surface area contributed by atoms with Crippen molar-refractivity contribution < 1.29 is 17.5 Å². The number of nitrogens with zero attached hydrogens (tertiary/aromatic N) is 1. The van der Waals surface area contributed by atoms with Crippen LogP contribution < -0.4 is 14.8 Å². The van der Waals surface area contributed by atoms with Gasteiger partial charge in [0.15, 0.2) is 0 Å². The summed E-state index contributed by atoms with van der Waals surface area (Å²) in [7, 11) is -2.20. The van der Waals surface area contributed by atoms with Gasteiger partial charge in [-0.3, -0.25) is 0 Å². The number of ether oxygens (including phenoxy) is 1. The number of halogens is 1.